The maximum absolute atomic E-state index is 11.6. The van der Waals surface area contributed by atoms with Crippen LogP contribution in [-0.2, 0) is 412 Å². The van der Waals surface area contributed by atoms with Crippen LogP contribution >= 0.6 is 0 Å². The van der Waals surface area contributed by atoms with Gasteiger partial charge in [0.05, 0.1) is 12.6 Å². The highest BCUT2D eigenvalue weighted by Gasteiger charge is 2.28. The highest BCUT2D eigenvalue weighted by Crippen LogP contribution is 2.21. The first-order valence-corrected chi connectivity index (χ1v) is 69.8. The minimum atomic E-state index is -0.0323. The van der Waals surface area contributed by atoms with Crippen molar-refractivity contribution in [2.24, 2.45) is 7.05 Å². The van der Waals surface area contributed by atoms with Gasteiger partial charge in [0, 0.05) is 435 Å². The molecule has 0 bridgehead atoms. The molecule has 1 aliphatic heterocycles. The van der Waals surface area contributed by atoms with Crippen molar-refractivity contribution in [3.8, 4) is 0 Å². The van der Waals surface area contributed by atoms with Crippen molar-refractivity contribution in [3.63, 3.8) is 0 Å². The zero-order chi connectivity index (χ0) is 43.2. The average molecular weight is 1640 g/mol. The lowest BCUT2D eigenvalue weighted by molar-refractivity contribution is -0.122. The molecule has 2 unspecified atom stereocenters. The molecule has 1 aromatic rings. The highest BCUT2D eigenvalue weighted by molar-refractivity contribution is 8.81. The van der Waals surface area contributed by atoms with E-state index in [1.54, 1.807) is 118 Å². The first-order chi connectivity index (χ1) is 29.6. The monoisotopic (exact) mass is 1630 g/mol. The Bertz CT molecular complexity index is 3440. The normalized spacial score (nSPS) is 12.6. The number of hydrogen-bond acceptors (Lipinski definition) is 7. The molecular formula is C10H16N4O2S44. The molecule has 1 aliphatic rings. The van der Waals surface area contributed by atoms with E-state index in [0.29, 0.717) is 19.4 Å². The molecule has 2 atom stereocenters. The molecule has 0 saturated carbocycles. The lowest BCUT2D eigenvalue weighted by atomic mass is 9.96. The molecule has 0 aromatic carbocycles. The predicted molar refractivity (Wildman–Crippen MR) is 381 cm³/mol. The van der Waals surface area contributed by atoms with Gasteiger partial charge in [-0.3, -0.25) is 9.48 Å². The molecule has 0 spiro atoms. The van der Waals surface area contributed by atoms with E-state index in [2.05, 4.69) is 15.6 Å². The van der Waals surface area contributed by atoms with E-state index in [4.69, 9.17) is 27.1 Å². The van der Waals surface area contributed by atoms with Gasteiger partial charge in [0.25, 0.3) is 0 Å². The van der Waals surface area contributed by atoms with E-state index in [9.17, 15) is 4.79 Å². The Morgan fingerprint density at radius 2 is 0.783 bits per heavy atom. The fourth-order valence-electron chi connectivity index (χ4n) is 2.46. The molecule has 0 radical (unpaired) electrons. The Morgan fingerprint density at radius 1 is 0.517 bits per heavy atom. The minimum Gasteiger partial charge on any atom is -0.383 e. The lowest BCUT2D eigenvalue weighted by Gasteiger charge is -2.28. The average Bonchev–Trinajstić information content (AvgIpc) is 3.69. The van der Waals surface area contributed by atoms with Gasteiger partial charge in [-0.05, 0) is 0 Å². The number of rotatable bonds is 3. The summed E-state index contributed by atoms with van der Waals surface area (Å²) in [6, 6.07) is 0.0494. The molecule has 1 fully saturated rings. The van der Waals surface area contributed by atoms with E-state index >= 15 is 0 Å². The van der Waals surface area contributed by atoms with E-state index in [0.717, 1.165) is 5.69 Å². The summed E-state index contributed by atoms with van der Waals surface area (Å²) in [4.78, 5) is 11.6. The quantitative estimate of drug-likeness (QED) is 0.448. The van der Waals surface area contributed by atoms with Crippen molar-refractivity contribution in [2.75, 3.05) is 13.7 Å². The summed E-state index contributed by atoms with van der Waals surface area (Å²) in [6.07, 6.45) is 2.85. The predicted octanol–water partition coefficient (Wildman–Crippen LogP) is -0.282. The van der Waals surface area contributed by atoms with Crippen LogP contribution in [0.5, 0.6) is 0 Å². The van der Waals surface area contributed by atoms with Crippen molar-refractivity contribution < 1.29 is 9.53 Å². The Kier molecular flexibility index (Phi) is 61.1. The van der Waals surface area contributed by atoms with Crippen molar-refractivity contribution in [3.05, 3.63) is 11.9 Å². The third kappa shape index (κ3) is 47.4. The summed E-state index contributed by atoms with van der Waals surface area (Å²) in [5.74, 6) is 0.247. The second-order valence-corrected chi connectivity index (χ2v) is 81.3. The van der Waals surface area contributed by atoms with Crippen molar-refractivity contribution in [1.29, 1.82) is 0 Å². The summed E-state index contributed by atoms with van der Waals surface area (Å²) in [5.41, 5.74) is 0.816. The first kappa shape index (κ1) is 66.4. The molecule has 1 saturated heterocycles. The summed E-state index contributed by atoms with van der Waals surface area (Å²) < 4.78 is 6.70. The molecular weight excluding hydrogens is 1620 g/mol. The number of aromatic nitrogens is 3. The van der Waals surface area contributed by atoms with E-state index in [-0.39, 0.29) is 17.9 Å². The molecule has 1 N–H and O–H groups in total. The molecule has 50 heteroatoms. The molecule has 6 nitrogen and oxygen atoms in total. The Labute approximate surface area is 476 Å². The van der Waals surface area contributed by atoms with Gasteiger partial charge >= 0.3 is 0 Å². The summed E-state index contributed by atoms with van der Waals surface area (Å²) in [7, 11) is 78.2. The number of piperidine rings is 1. The number of methoxy groups -OCH3 is 1. The fraction of sp³-hybridized carbons (Fsp3) is 0.700. The number of carbonyl (C=O) groups excluding carboxylic acids is 1. The second kappa shape index (κ2) is 55.2. The molecule has 60 heavy (non-hydrogen) atoms. The van der Waals surface area contributed by atoms with Gasteiger partial charge in [-0.1, -0.05) is 5.21 Å². The molecule has 2 rings (SSSR count). The molecule has 0 aliphatic carbocycles. The number of hydrogen-bond donors (Lipinski definition) is 1. The Balaban J connectivity index is 0.000000922. The number of ether oxygens (including phenoxy) is 1. The number of nitrogens with one attached hydrogen (secondary N) is 1. The van der Waals surface area contributed by atoms with Crippen LogP contribution < -0.4 is 5.32 Å². The third-order valence-corrected chi connectivity index (χ3v) is 94.9. The first-order valence-electron chi connectivity index (χ1n) is 12.5. The zero-order valence-corrected chi connectivity index (χ0v) is 63.4. The Morgan fingerprint density at radius 3 is 1.00 bits per heavy atom. The van der Waals surface area contributed by atoms with Gasteiger partial charge in [0.2, 0.25) is 0 Å². The fourth-order valence-corrected chi connectivity index (χ4v) is 112. The van der Waals surface area contributed by atoms with Crippen LogP contribution in [-0.4, -0.2) is 40.5 Å². The van der Waals surface area contributed by atoms with Crippen molar-refractivity contribution >= 4 is 401 Å². The highest BCUT2D eigenvalue weighted by atomic mass is 33.5. The van der Waals surface area contributed by atoms with Crippen LogP contribution in [0.1, 0.15) is 24.6 Å². The van der Waals surface area contributed by atoms with Gasteiger partial charge in [-0.25, -0.2) is 0 Å². The van der Waals surface area contributed by atoms with Crippen LogP contribution in [0.15, 0.2) is 6.20 Å². The summed E-state index contributed by atoms with van der Waals surface area (Å²) >= 11 is 9.61. The Hall–Kier alpha value is 8.41. The maximum atomic E-state index is 11.6. The third-order valence-electron chi connectivity index (χ3n) is 3.83. The maximum Gasteiger partial charge on any atom is 0.136 e. The summed E-state index contributed by atoms with van der Waals surface area (Å²) in [5, 5.41) is 11.3. The van der Waals surface area contributed by atoms with E-state index in [1.807, 2.05) is 262 Å². The van der Waals surface area contributed by atoms with Crippen LogP contribution in [0.25, 0.3) is 0 Å². The molecule has 352 valence electrons. The van der Waals surface area contributed by atoms with Gasteiger partial charge in [-0.15, -0.1) is 5.10 Å². The SMILES string of the molecule is COCC1CC(=O)CC(c2cn(C)nn2)N1.S=S=S=S=S=S=S=S=S=S=S=S=S=S=S=S=S=S=S=S=S=S=S=S=S=S=S=S=S=S=S=S=S=S=S=S=S=S=S=S=S=S=S=S. The van der Waals surface area contributed by atoms with Crippen LogP contribution in [0.4, 0.5) is 0 Å². The van der Waals surface area contributed by atoms with Gasteiger partial charge < -0.3 is 10.1 Å². The zero-order valence-electron chi connectivity index (χ0n) is 27.5. The van der Waals surface area contributed by atoms with Crippen LogP contribution in [0.2, 0.25) is 0 Å². The lowest BCUT2D eigenvalue weighted by Crippen LogP contribution is -2.43. The smallest absolute Gasteiger partial charge is 0.136 e. The van der Waals surface area contributed by atoms with Crippen molar-refractivity contribution in [1.82, 2.24) is 20.3 Å². The number of carbonyl (C=O) groups is 1. The molecule has 2 heterocycles. The molecule has 0 amide bonds. The van der Waals surface area contributed by atoms with E-state index < -0.39 is 0 Å². The summed E-state index contributed by atoms with van der Waals surface area (Å²) in [6.45, 7) is 0.544. The topological polar surface area (TPSA) is 69.0 Å². The molecule has 1 aromatic heterocycles. The van der Waals surface area contributed by atoms with Crippen LogP contribution in [0.3, 0.4) is 0 Å². The van der Waals surface area contributed by atoms with Crippen molar-refractivity contribution in [2.45, 2.75) is 24.9 Å². The standard InChI is InChI=1S/C10H16N4O2.S44/c1-14-5-10(12-13-14)9-4-8(15)3-7(11-9)6-16-2;1-3-5-7-9-11-13-15-17-19-21-23-25-27-29-31-33-35-37-39-41-43-44-42-40-38-36-34-32-30-28-26-24-22-20-18-16-14-12-10-8-6-4-2/h5,7,9,11H,3-4,6H2,1-2H3;. The van der Waals surface area contributed by atoms with Crippen LogP contribution in [0, 0.1) is 0 Å². The van der Waals surface area contributed by atoms with E-state index in [1.165, 1.54) is 17.8 Å². The van der Waals surface area contributed by atoms with Gasteiger partial charge in [0.15, 0.2) is 0 Å². The second-order valence-electron chi connectivity index (χ2n) is 6.99. The van der Waals surface area contributed by atoms with Gasteiger partial charge in [0.1, 0.15) is 11.5 Å². The number of aryl methyl sites for hydroxylation is 1. The largest absolute Gasteiger partial charge is 0.383 e. The number of Topliss-reactive ketones (excluding diaryl/α,β-unsaturated/α-hetero) is 1. The minimum absolute atomic E-state index is 0.0323. The number of ketones is 1. The van der Waals surface area contributed by atoms with Gasteiger partial charge in [-0.2, -0.15) is 0 Å². The number of nitrogens with zero attached hydrogens (tertiary/aromatic N) is 3.